The van der Waals surface area contributed by atoms with Crippen molar-refractivity contribution in [2.45, 2.75) is 50.5 Å². The van der Waals surface area contributed by atoms with Gasteiger partial charge in [0.1, 0.15) is 0 Å². The van der Waals surface area contributed by atoms with Crippen LogP contribution in [0.3, 0.4) is 0 Å². The van der Waals surface area contributed by atoms with Gasteiger partial charge in [-0.3, -0.25) is 9.59 Å². The molecule has 2 aliphatic rings. The third kappa shape index (κ3) is 5.74. The monoisotopic (exact) mass is 577 g/mol. The highest BCUT2D eigenvalue weighted by atomic mass is 79.9. The van der Waals surface area contributed by atoms with Crippen molar-refractivity contribution in [2.24, 2.45) is 11.8 Å². The number of ether oxygens (including phenoxy) is 2. The molecule has 4 rings (SSSR count). The Kier molecular flexibility index (Phi) is 6.93. The third-order valence-electron chi connectivity index (χ3n) is 6.35. The molecule has 3 atom stereocenters. The number of nitrogens with one attached hydrogen (secondary N) is 1. The Morgan fingerprint density at radius 3 is 2.36 bits per heavy atom. The fraction of sp³-hybridized carbons (Fsp3) is 0.417. The first kappa shape index (κ1) is 26.2. The molecule has 6 nitrogen and oxygen atoms in total. The van der Waals surface area contributed by atoms with E-state index in [2.05, 4.69) is 30.7 Å². The Hall–Kier alpha value is -2.89. The second-order valence-corrected chi connectivity index (χ2v) is 9.81. The van der Waals surface area contributed by atoms with Crippen molar-refractivity contribution < 1.29 is 46.1 Å². The fourth-order valence-electron chi connectivity index (χ4n) is 4.34. The molecule has 0 radical (unpaired) electrons. The van der Waals surface area contributed by atoms with E-state index in [-0.39, 0.29) is 35.3 Å². The van der Waals surface area contributed by atoms with Gasteiger partial charge < -0.3 is 19.9 Å². The maximum atomic E-state index is 13.7. The summed E-state index contributed by atoms with van der Waals surface area (Å²) in [5.41, 5.74) is 0.621. The van der Waals surface area contributed by atoms with E-state index in [0.29, 0.717) is 10.0 Å². The number of aliphatic carboxylic acids is 1. The van der Waals surface area contributed by atoms with Gasteiger partial charge in [-0.25, -0.2) is 0 Å². The van der Waals surface area contributed by atoms with E-state index in [1.807, 2.05) is 0 Å². The predicted octanol–water partition coefficient (Wildman–Crippen LogP) is 6.66. The van der Waals surface area contributed by atoms with Gasteiger partial charge in [0.15, 0.2) is 11.5 Å². The Morgan fingerprint density at radius 2 is 1.75 bits per heavy atom. The molecule has 36 heavy (non-hydrogen) atoms. The Morgan fingerprint density at radius 1 is 1.11 bits per heavy atom. The van der Waals surface area contributed by atoms with Crippen LogP contribution in [0.25, 0.3) is 0 Å². The summed E-state index contributed by atoms with van der Waals surface area (Å²) in [5.74, 6) is -6.94. The van der Waals surface area contributed by atoms with Crippen LogP contribution in [-0.4, -0.2) is 29.5 Å². The van der Waals surface area contributed by atoms with Crippen LogP contribution in [-0.2, 0) is 9.59 Å². The van der Waals surface area contributed by atoms with E-state index in [9.17, 15) is 36.6 Å². The molecular weight excluding hydrogens is 557 g/mol. The van der Waals surface area contributed by atoms with E-state index in [1.165, 1.54) is 0 Å². The quantitative estimate of drug-likeness (QED) is 0.343. The lowest BCUT2D eigenvalue weighted by Crippen LogP contribution is -2.34. The third-order valence-corrected chi connectivity index (χ3v) is 7.04. The Labute approximate surface area is 210 Å². The number of carboxylic acid groups (broad SMARTS) is 1. The van der Waals surface area contributed by atoms with E-state index < -0.39 is 41.9 Å². The standard InChI is InChI=1S/C24H21BrF5NO5/c1-11(23(26,27)28)21(14-5-7-18-19(9-14)36-24(29,30)35-18)22(34)31-17-8-13(4-6-16(17)25)15(10-20(32)33)12-2-3-12/h4-9,11-12,15,21H,2-3,10H2,1H3,(H,31,34)(H,32,33)/t11-,15?,21+/m1/s1. The first-order chi connectivity index (χ1) is 16.7. The molecule has 0 aromatic heterocycles. The van der Waals surface area contributed by atoms with Gasteiger partial charge in [-0.05, 0) is 76.0 Å². The second-order valence-electron chi connectivity index (χ2n) is 8.95. The van der Waals surface area contributed by atoms with Gasteiger partial charge in [0.25, 0.3) is 0 Å². The minimum atomic E-state index is -4.78. The molecule has 0 spiro atoms. The molecule has 1 unspecified atom stereocenters. The molecule has 2 aromatic carbocycles. The number of rotatable bonds is 8. The van der Waals surface area contributed by atoms with Crippen LogP contribution in [0, 0.1) is 11.8 Å². The average Bonchev–Trinajstić information content (AvgIpc) is 3.55. The highest BCUT2D eigenvalue weighted by molar-refractivity contribution is 9.10. The van der Waals surface area contributed by atoms with Crippen molar-refractivity contribution in [1.82, 2.24) is 0 Å². The van der Waals surface area contributed by atoms with Crippen molar-refractivity contribution in [2.75, 3.05) is 5.32 Å². The van der Waals surface area contributed by atoms with Gasteiger partial charge in [-0.15, -0.1) is 8.78 Å². The molecule has 1 fully saturated rings. The predicted molar refractivity (Wildman–Crippen MR) is 121 cm³/mol. The molecular formula is C24H21BrF5NO5. The first-order valence-electron chi connectivity index (χ1n) is 11.0. The van der Waals surface area contributed by atoms with Crippen LogP contribution in [0.2, 0.25) is 0 Å². The summed E-state index contributed by atoms with van der Waals surface area (Å²) >= 11 is 3.27. The van der Waals surface area contributed by atoms with Gasteiger partial charge in [0, 0.05) is 4.47 Å². The summed E-state index contributed by atoms with van der Waals surface area (Å²) in [5, 5.41) is 11.8. The molecule has 1 aliphatic heterocycles. The molecule has 1 amide bonds. The zero-order chi connectivity index (χ0) is 26.4. The van der Waals surface area contributed by atoms with Gasteiger partial charge in [-0.1, -0.05) is 19.1 Å². The smallest absolute Gasteiger partial charge is 0.481 e. The topological polar surface area (TPSA) is 84.9 Å². The number of amides is 1. The first-order valence-corrected chi connectivity index (χ1v) is 11.8. The zero-order valence-corrected chi connectivity index (χ0v) is 20.3. The van der Waals surface area contributed by atoms with Crippen LogP contribution < -0.4 is 14.8 Å². The molecule has 12 heteroatoms. The summed E-state index contributed by atoms with van der Waals surface area (Å²) in [6, 6.07) is 7.91. The number of benzene rings is 2. The number of carboxylic acids is 1. The number of hydrogen-bond donors (Lipinski definition) is 2. The van der Waals surface area contributed by atoms with Crippen molar-refractivity contribution in [3.63, 3.8) is 0 Å². The van der Waals surface area contributed by atoms with E-state index in [4.69, 9.17) is 0 Å². The van der Waals surface area contributed by atoms with Crippen LogP contribution in [0.15, 0.2) is 40.9 Å². The number of hydrogen-bond acceptors (Lipinski definition) is 4. The van der Waals surface area contributed by atoms with Gasteiger partial charge in [0.05, 0.1) is 23.9 Å². The summed E-state index contributed by atoms with van der Waals surface area (Å²) in [6.07, 6.45) is -7.13. The van der Waals surface area contributed by atoms with Gasteiger partial charge in [-0.2, -0.15) is 13.2 Å². The number of carbonyl (C=O) groups excluding carboxylic acids is 1. The lowest BCUT2D eigenvalue weighted by atomic mass is 9.85. The maximum Gasteiger partial charge on any atom is 0.586 e. The van der Waals surface area contributed by atoms with Crippen LogP contribution >= 0.6 is 15.9 Å². The minimum Gasteiger partial charge on any atom is -0.481 e. The largest absolute Gasteiger partial charge is 0.586 e. The number of carbonyl (C=O) groups is 2. The summed E-state index contributed by atoms with van der Waals surface area (Å²) < 4.78 is 77.0. The summed E-state index contributed by atoms with van der Waals surface area (Å²) in [4.78, 5) is 24.6. The Bertz CT molecular complexity index is 1180. The molecule has 0 saturated heterocycles. The molecule has 0 bridgehead atoms. The van der Waals surface area contributed by atoms with E-state index >= 15 is 0 Å². The lowest BCUT2D eigenvalue weighted by Gasteiger charge is -2.26. The molecule has 2 N–H and O–H groups in total. The van der Waals surface area contributed by atoms with Crippen molar-refractivity contribution in [3.8, 4) is 11.5 Å². The highest BCUT2D eigenvalue weighted by Crippen LogP contribution is 2.47. The van der Waals surface area contributed by atoms with Crippen LogP contribution in [0.5, 0.6) is 11.5 Å². The SMILES string of the molecule is C[C@H]([C@H](C(=O)Nc1cc(C(CC(=O)O)C2CC2)ccc1Br)c1ccc2c(c1)OC(F)(F)O2)C(F)(F)F. The maximum absolute atomic E-state index is 13.7. The molecule has 1 aliphatic carbocycles. The summed E-state index contributed by atoms with van der Waals surface area (Å²) in [6.45, 7) is 0.824. The number of fused-ring (bicyclic) bond motifs is 1. The fourth-order valence-corrected chi connectivity index (χ4v) is 4.68. The van der Waals surface area contributed by atoms with Crippen molar-refractivity contribution in [1.29, 1.82) is 0 Å². The average molecular weight is 578 g/mol. The van der Waals surface area contributed by atoms with Crippen LogP contribution in [0.4, 0.5) is 27.6 Å². The normalized spacial score (nSPS) is 18.9. The number of halogens is 6. The van der Waals surface area contributed by atoms with Gasteiger partial charge in [0.2, 0.25) is 5.91 Å². The zero-order valence-electron chi connectivity index (χ0n) is 18.7. The highest BCUT2D eigenvalue weighted by Gasteiger charge is 2.47. The van der Waals surface area contributed by atoms with Crippen LogP contribution in [0.1, 0.15) is 49.1 Å². The number of anilines is 1. The molecule has 1 heterocycles. The van der Waals surface area contributed by atoms with Gasteiger partial charge >= 0.3 is 18.4 Å². The van der Waals surface area contributed by atoms with E-state index in [0.717, 1.165) is 38.0 Å². The molecule has 2 aromatic rings. The Balaban J connectivity index is 1.65. The van der Waals surface area contributed by atoms with E-state index in [1.54, 1.807) is 18.2 Å². The second kappa shape index (κ2) is 9.53. The lowest BCUT2D eigenvalue weighted by molar-refractivity contribution is -0.286. The minimum absolute atomic E-state index is 0.116. The summed E-state index contributed by atoms with van der Waals surface area (Å²) in [7, 11) is 0. The van der Waals surface area contributed by atoms with Crippen molar-refractivity contribution in [3.05, 3.63) is 52.0 Å². The number of alkyl halides is 5. The molecule has 1 saturated carbocycles. The van der Waals surface area contributed by atoms with Crippen molar-refractivity contribution >= 4 is 33.5 Å². The molecule has 194 valence electrons.